The molecule has 0 bridgehead atoms. The molecule has 2 rings (SSSR count). The molecule has 2 aliphatic rings. The number of carbonyl (C=O) groups excluding carboxylic acids is 1. The van der Waals surface area contributed by atoms with Crippen molar-refractivity contribution in [2.24, 2.45) is 17.1 Å². The molecule has 0 aromatic carbocycles. The molecule has 3 nitrogen and oxygen atoms in total. The first-order valence-corrected chi connectivity index (χ1v) is 10.5. The molecule has 148 valence electrons. The van der Waals surface area contributed by atoms with Crippen LogP contribution in [0.2, 0.25) is 0 Å². The van der Waals surface area contributed by atoms with Crippen molar-refractivity contribution in [2.45, 2.75) is 83.2 Å². The van der Waals surface area contributed by atoms with Gasteiger partial charge in [-0.25, -0.2) is 0 Å². The number of terminal acetylenes is 1. The van der Waals surface area contributed by atoms with Gasteiger partial charge in [-0.15, -0.1) is 6.42 Å². The van der Waals surface area contributed by atoms with Crippen molar-refractivity contribution in [1.29, 1.82) is 0 Å². The van der Waals surface area contributed by atoms with Crippen LogP contribution in [0.1, 0.15) is 77.6 Å². The molecule has 0 aromatic heterocycles. The molecule has 0 radical (unpaired) electrons. The number of unbranched alkanes of at least 4 members (excludes halogenated alkanes) is 5. The first-order valence-electron chi connectivity index (χ1n) is 10.5. The third kappa shape index (κ3) is 4.93. The van der Waals surface area contributed by atoms with Crippen LogP contribution in [0, 0.1) is 59.2 Å². The minimum atomic E-state index is -0.542. The smallest absolute Gasteiger partial charge is 0.223 e. The summed E-state index contributed by atoms with van der Waals surface area (Å²) in [5.41, 5.74) is 4.88. The molecule has 0 aromatic rings. The molecule has 28 heavy (non-hydrogen) atoms. The third-order valence-electron chi connectivity index (χ3n) is 6.16. The second kappa shape index (κ2) is 10.9. The van der Waals surface area contributed by atoms with Crippen LogP contribution >= 0.6 is 0 Å². The van der Waals surface area contributed by atoms with Crippen molar-refractivity contribution >= 4 is 5.91 Å². The van der Waals surface area contributed by atoms with E-state index < -0.39 is 5.60 Å². The van der Waals surface area contributed by atoms with Gasteiger partial charge in [-0.2, -0.15) is 0 Å². The van der Waals surface area contributed by atoms with E-state index >= 15 is 0 Å². The molecule has 1 aliphatic carbocycles. The molecule has 1 saturated carbocycles. The largest absolute Gasteiger partial charge is 0.371 e. The Labute approximate surface area is 170 Å². The number of amides is 1. The Morgan fingerprint density at radius 2 is 1.79 bits per heavy atom. The van der Waals surface area contributed by atoms with Crippen LogP contribution in [-0.2, 0) is 9.53 Å². The van der Waals surface area contributed by atoms with Gasteiger partial charge in [0.05, 0.1) is 23.5 Å². The van der Waals surface area contributed by atoms with Crippen molar-refractivity contribution in [2.75, 3.05) is 6.61 Å². The van der Waals surface area contributed by atoms with Crippen LogP contribution in [-0.4, -0.2) is 18.1 Å². The summed E-state index contributed by atoms with van der Waals surface area (Å²) in [5.74, 6) is 18.5. The number of primary amides is 1. The van der Waals surface area contributed by atoms with Crippen LogP contribution in [0.3, 0.4) is 0 Å². The topological polar surface area (TPSA) is 52.3 Å². The zero-order valence-electron chi connectivity index (χ0n) is 17.0. The zero-order chi connectivity index (χ0) is 20.3. The molecule has 1 heterocycles. The summed E-state index contributed by atoms with van der Waals surface area (Å²) < 4.78 is 6.13. The van der Waals surface area contributed by atoms with Crippen LogP contribution in [0.5, 0.6) is 0 Å². The number of hydrogen-bond acceptors (Lipinski definition) is 2. The van der Waals surface area contributed by atoms with E-state index in [0.717, 1.165) is 38.5 Å². The summed E-state index contributed by atoms with van der Waals surface area (Å²) in [6.07, 6.45) is 17.0. The zero-order valence-corrected chi connectivity index (χ0v) is 17.0. The number of rotatable bonds is 8. The molecule has 1 saturated heterocycles. The minimum Gasteiger partial charge on any atom is -0.371 e. The fourth-order valence-electron chi connectivity index (χ4n) is 4.67. The first-order chi connectivity index (χ1) is 13.6. The normalized spacial score (nSPS) is 27.6. The highest BCUT2D eigenvalue weighted by molar-refractivity contribution is 5.79. The fourth-order valence-corrected chi connectivity index (χ4v) is 4.67. The Kier molecular flexibility index (Phi) is 8.52. The van der Waals surface area contributed by atoms with Crippen molar-refractivity contribution in [1.82, 2.24) is 0 Å². The van der Waals surface area contributed by atoms with Gasteiger partial charge in [-0.1, -0.05) is 64.2 Å². The third-order valence-corrected chi connectivity index (χ3v) is 6.16. The summed E-state index contributed by atoms with van der Waals surface area (Å²) in [7, 11) is 0. The van der Waals surface area contributed by atoms with Crippen molar-refractivity contribution in [3.63, 3.8) is 0 Å². The summed E-state index contributed by atoms with van der Waals surface area (Å²) >= 11 is 0. The van der Waals surface area contributed by atoms with E-state index in [0.29, 0.717) is 6.61 Å². The summed E-state index contributed by atoms with van der Waals surface area (Å²) in [6.45, 7) is 2.78. The van der Waals surface area contributed by atoms with Gasteiger partial charge in [-0.05, 0) is 54.8 Å². The number of ether oxygens (including phenoxy) is 1. The van der Waals surface area contributed by atoms with Crippen molar-refractivity contribution in [3.8, 4) is 47.9 Å². The second-order valence-electron chi connectivity index (χ2n) is 7.87. The van der Waals surface area contributed by atoms with E-state index in [1.165, 1.54) is 32.1 Å². The fraction of sp³-hybridized carbons (Fsp3) is 0.640. The number of nitrogens with two attached hydrogens (primary N) is 1. The molecule has 3 atom stereocenters. The lowest BCUT2D eigenvalue weighted by atomic mass is 9.55. The minimum absolute atomic E-state index is 0.264. The summed E-state index contributed by atoms with van der Waals surface area (Å²) in [6, 6.07) is 0. The molecule has 1 aliphatic heterocycles. The van der Waals surface area contributed by atoms with E-state index in [4.69, 9.17) is 16.9 Å². The van der Waals surface area contributed by atoms with Crippen molar-refractivity contribution in [3.05, 3.63) is 0 Å². The lowest BCUT2D eigenvalue weighted by molar-refractivity contribution is -0.277. The van der Waals surface area contributed by atoms with Gasteiger partial charge in [0.25, 0.3) is 0 Å². The molecule has 3 unspecified atom stereocenters. The highest BCUT2D eigenvalue weighted by atomic mass is 16.5. The predicted molar refractivity (Wildman–Crippen MR) is 112 cm³/mol. The maximum Gasteiger partial charge on any atom is 0.223 e. The predicted octanol–water partition coefficient (Wildman–Crippen LogP) is 3.81. The monoisotopic (exact) mass is 377 g/mol. The summed E-state index contributed by atoms with van der Waals surface area (Å²) in [4.78, 5) is 12.2. The Morgan fingerprint density at radius 3 is 2.46 bits per heavy atom. The molecular weight excluding hydrogens is 346 g/mol. The van der Waals surface area contributed by atoms with Gasteiger partial charge < -0.3 is 10.5 Å². The van der Waals surface area contributed by atoms with E-state index in [9.17, 15) is 4.79 Å². The Balaban J connectivity index is 2.18. The average Bonchev–Trinajstić information content (AvgIpc) is 2.70. The van der Waals surface area contributed by atoms with E-state index in [1.54, 1.807) is 0 Å². The molecule has 3 heteroatoms. The van der Waals surface area contributed by atoms with Crippen LogP contribution in [0.4, 0.5) is 0 Å². The number of carbonyl (C=O) groups is 1. The lowest BCUT2D eigenvalue weighted by Gasteiger charge is -2.61. The van der Waals surface area contributed by atoms with Crippen molar-refractivity contribution < 1.29 is 9.53 Å². The van der Waals surface area contributed by atoms with Gasteiger partial charge in [-0.3, -0.25) is 4.79 Å². The van der Waals surface area contributed by atoms with Crippen LogP contribution < -0.4 is 5.73 Å². The highest BCUT2D eigenvalue weighted by Crippen LogP contribution is 2.57. The van der Waals surface area contributed by atoms with Gasteiger partial charge in [0, 0.05) is 0 Å². The average molecular weight is 378 g/mol. The molecular formula is C25H31NO2. The number of hydrogen-bond donors (Lipinski definition) is 1. The summed E-state index contributed by atoms with van der Waals surface area (Å²) in [5, 5.41) is 0. The molecule has 2 fully saturated rings. The maximum absolute atomic E-state index is 12.2. The van der Waals surface area contributed by atoms with Gasteiger partial charge in [0.15, 0.2) is 0 Å². The quantitative estimate of drug-likeness (QED) is 0.516. The Morgan fingerprint density at radius 1 is 1.07 bits per heavy atom. The first kappa shape index (κ1) is 22.0. The van der Waals surface area contributed by atoms with E-state index in [2.05, 4.69) is 48.4 Å². The second-order valence-corrected chi connectivity index (χ2v) is 7.87. The van der Waals surface area contributed by atoms with E-state index in [1.807, 2.05) is 0 Å². The van der Waals surface area contributed by atoms with Gasteiger partial charge in [0.2, 0.25) is 5.91 Å². The lowest BCUT2D eigenvalue weighted by Crippen LogP contribution is -2.69. The standard InChI is InChI=1S/C25H31NO2/c1-3-5-7-9-11-14-18-24(19-15-12-10-8-6-4-2)21-28-25(24)20-16-13-17-22(25)23(26)27/h1,22H,4,6,8,10,12-13,15-17,19-21H2,2H3,(H2,26,27). The molecule has 1 spiro atoms. The molecule has 2 N–H and O–H groups in total. The SMILES string of the molecule is C#CC#CC#CC#CC1(CCCCCCCC)COC12CCCCC2C(N)=O. The van der Waals surface area contributed by atoms with E-state index in [-0.39, 0.29) is 17.2 Å². The van der Waals surface area contributed by atoms with Crippen LogP contribution in [0.25, 0.3) is 0 Å². The maximum atomic E-state index is 12.2. The van der Waals surface area contributed by atoms with Crippen LogP contribution in [0.15, 0.2) is 0 Å². The van der Waals surface area contributed by atoms with Gasteiger partial charge >= 0.3 is 0 Å². The Bertz CT molecular complexity index is 773. The Hall–Kier alpha value is -2.33. The highest BCUT2D eigenvalue weighted by Gasteiger charge is 2.65. The molecule has 1 amide bonds. The van der Waals surface area contributed by atoms with Gasteiger partial charge in [0.1, 0.15) is 0 Å².